The summed E-state index contributed by atoms with van der Waals surface area (Å²) in [5.74, 6) is -7.25. The molecule has 4 atom stereocenters. The van der Waals surface area contributed by atoms with Crippen LogP contribution in [0.3, 0.4) is 0 Å². The minimum atomic E-state index is -1.73. The zero-order valence-electron chi connectivity index (χ0n) is 19.2. The number of carbonyl (C=O) groups is 7. The van der Waals surface area contributed by atoms with Crippen LogP contribution in [0.15, 0.2) is 0 Å². The average molecular weight is 503 g/mol. The van der Waals surface area contributed by atoms with Crippen molar-refractivity contribution in [1.82, 2.24) is 16.0 Å². The Morgan fingerprint density at radius 2 is 1.14 bits per heavy atom. The third kappa shape index (κ3) is 13.5. The monoisotopic (exact) mass is 502 g/mol. The Labute approximate surface area is 201 Å². The lowest BCUT2D eigenvalue weighted by Gasteiger charge is -2.24. The molecule has 35 heavy (non-hydrogen) atoms. The second-order valence-corrected chi connectivity index (χ2v) is 7.76. The molecule has 0 bridgehead atoms. The molecule has 0 fully saturated rings. The predicted molar refractivity (Wildman–Crippen MR) is 120 cm³/mol. The van der Waals surface area contributed by atoms with Crippen LogP contribution in [0.5, 0.6) is 0 Å². The van der Waals surface area contributed by atoms with Gasteiger partial charge in [-0.1, -0.05) is 6.42 Å². The van der Waals surface area contributed by atoms with E-state index in [9.17, 15) is 33.6 Å². The van der Waals surface area contributed by atoms with Crippen LogP contribution in [0, 0.1) is 0 Å². The largest absolute Gasteiger partial charge is 0.480 e. The van der Waals surface area contributed by atoms with E-state index in [-0.39, 0.29) is 19.3 Å². The van der Waals surface area contributed by atoms with Gasteiger partial charge >= 0.3 is 5.97 Å². The SMILES string of the molecule is NCCCCC(N)C(=O)NC(CCC(N)=O)C(=O)NC(CC(N)=O)C(=O)NC(CC(N)=O)C(=O)O. The van der Waals surface area contributed by atoms with Gasteiger partial charge in [-0.05, 0) is 25.8 Å². The summed E-state index contributed by atoms with van der Waals surface area (Å²) in [7, 11) is 0. The first kappa shape index (κ1) is 31.2. The van der Waals surface area contributed by atoms with E-state index in [0.717, 1.165) is 0 Å². The van der Waals surface area contributed by atoms with E-state index in [0.29, 0.717) is 19.4 Å². The van der Waals surface area contributed by atoms with Crippen molar-refractivity contribution in [2.75, 3.05) is 6.54 Å². The van der Waals surface area contributed by atoms with E-state index in [2.05, 4.69) is 10.6 Å². The van der Waals surface area contributed by atoms with Crippen LogP contribution < -0.4 is 44.6 Å². The molecule has 0 aromatic carbocycles. The van der Waals surface area contributed by atoms with E-state index in [1.807, 2.05) is 5.32 Å². The maximum absolute atomic E-state index is 12.8. The van der Waals surface area contributed by atoms with Crippen LogP contribution in [-0.4, -0.2) is 77.2 Å². The first-order chi connectivity index (χ1) is 16.3. The van der Waals surface area contributed by atoms with Gasteiger partial charge in [-0.25, -0.2) is 4.79 Å². The second-order valence-electron chi connectivity index (χ2n) is 7.76. The number of rotatable bonds is 18. The third-order valence-electron chi connectivity index (χ3n) is 4.68. The van der Waals surface area contributed by atoms with Crippen LogP contribution >= 0.6 is 0 Å². The number of hydrogen-bond acceptors (Lipinski definition) is 9. The zero-order valence-corrected chi connectivity index (χ0v) is 19.2. The molecular weight excluding hydrogens is 468 g/mol. The van der Waals surface area contributed by atoms with Crippen LogP contribution in [0.2, 0.25) is 0 Å². The van der Waals surface area contributed by atoms with Crippen molar-refractivity contribution in [2.45, 2.75) is 69.1 Å². The van der Waals surface area contributed by atoms with Gasteiger partial charge in [-0.15, -0.1) is 0 Å². The van der Waals surface area contributed by atoms with Crippen molar-refractivity contribution in [3.63, 3.8) is 0 Å². The zero-order chi connectivity index (χ0) is 27.1. The number of hydrogen-bond donors (Lipinski definition) is 9. The maximum atomic E-state index is 12.8. The van der Waals surface area contributed by atoms with Crippen molar-refractivity contribution in [3.8, 4) is 0 Å². The molecule has 0 aliphatic carbocycles. The van der Waals surface area contributed by atoms with Crippen molar-refractivity contribution < 1.29 is 38.7 Å². The minimum Gasteiger partial charge on any atom is -0.480 e. The Hall–Kier alpha value is -3.79. The summed E-state index contributed by atoms with van der Waals surface area (Å²) in [5, 5.41) is 15.7. The highest BCUT2D eigenvalue weighted by atomic mass is 16.4. The fourth-order valence-corrected chi connectivity index (χ4v) is 2.83. The quantitative estimate of drug-likeness (QED) is 0.0803. The second kappa shape index (κ2) is 15.9. The summed E-state index contributed by atoms with van der Waals surface area (Å²) in [6, 6.07) is -5.76. The van der Waals surface area contributed by atoms with Gasteiger partial charge < -0.3 is 49.7 Å². The molecule has 4 unspecified atom stereocenters. The van der Waals surface area contributed by atoms with Crippen molar-refractivity contribution in [3.05, 3.63) is 0 Å². The van der Waals surface area contributed by atoms with Crippen LogP contribution in [0.25, 0.3) is 0 Å². The molecule has 198 valence electrons. The molecule has 16 heteroatoms. The topological polar surface area (TPSA) is 306 Å². The molecular formula is C19H34N8O8. The van der Waals surface area contributed by atoms with Crippen molar-refractivity contribution in [2.24, 2.45) is 28.7 Å². The number of carbonyl (C=O) groups excluding carboxylic acids is 6. The molecule has 6 amide bonds. The molecule has 0 heterocycles. The van der Waals surface area contributed by atoms with Crippen molar-refractivity contribution >= 4 is 41.4 Å². The van der Waals surface area contributed by atoms with Gasteiger partial charge in [0.05, 0.1) is 18.9 Å². The highest BCUT2D eigenvalue weighted by molar-refractivity contribution is 5.96. The average Bonchev–Trinajstić information content (AvgIpc) is 2.74. The number of aliphatic carboxylic acids is 1. The van der Waals surface area contributed by atoms with Gasteiger partial charge in [0.15, 0.2) is 0 Å². The molecule has 0 saturated carbocycles. The molecule has 0 aromatic heterocycles. The Kier molecular flexibility index (Phi) is 14.2. The Balaban J connectivity index is 5.53. The number of primary amides is 3. The van der Waals surface area contributed by atoms with Gasteiger partial charge in [-0.2, -0.15) is 0 Å². The summed E-state index contributed by atoms with van der Waals surface area (Å²) in [5.41, 5.74) is 26.4. The number of unbranched alkanes of at least 4 members (excludes halogenated alkanes) is 1. The predicted octanol–water partition coefficient (Wildman–Crippen LogP) is -5.00. The number of nitrogens with one attached hydrogen (secondary N) is 3. The Morgan fingerprint density at radius 1 is 0.657 bits per heavy atom. The molecule has 0 aromatic rings. The fraction of sp³-hybridized carbons (Fsp3) is 0.632. The Morgan fingerprint density at radius 3 is 1.63 bits per heavy atom. The molecule has 0 aliphatic heterocycles. The first-order valence-corrected chi connectivity index (χ1v) is 10.7. The van der Waals surface area contributed by atoms with Crippen LogP contribution in [0.4, 0.5) is 0 Å². The fourth-order valence-electron chi connectivity index (χ4n) is 2.83. The van der Waals surface area contributed by atoms with Crippen molar-refractivity contribution in [1.29, 1.82) is 0 Å². The van der Waals surface area contributed by atoms with Gasteiger partial charge in [0.25, 0.3) is 0 Å². The van der Waals surface area contributed by atoms with E-state index in [4.69, 9.17) is 33.8 Å². The highest BCUT2D eigenvalue weighted by Gasteiger charge is 2.31. The van der Waals surface area contributed by atoms with Gasteiger partial charge in [-0.3, -0.25) is 28.8 Å². The molecule has 16 nitrogen and oxygen atoms in total. The number of carboxylic acids is 1. The number of carboxylic acid groups (broad SMARTS) is 1. The lowest BCUT2D eigenvalue weighted by molar-refractivity contribution is -0.144. The summed E-state index contributed by atoms with van der Waals surface area (Å²) >= 11 is 0. The molecule has 0 rings (SSSR count). The van der Waals surface area contributed by atoms with Gasteiger partial charge in [0.2, 0.25) is 35.4 Å². The first-order valence-electron chi connectivity index (χ1n) is 10.7. The molecule has 14 N–H and O–H groups in total. The van der Waals surface area contributed by atoms with E-state index >= 15 is 0 Å². The number of nitrogens with two attached hydrogens (primary N) is 5. The van der Waals surface area contributed by atoms with Crippen LogP contribution in [-0.2, 0) is 33.6 Å². The van der Waals surface area contributed by atoms with E-state index in [1.165, 1.54) is 0 Å². The number of amides is 6. The lowest BCUT2D eigenvalue weighted by atomic mass is 10.1. The summed E-state index contributed by atoms with van der Waals surface area (Å²) in [6.07, 6.45) is -0.604. The summed E-state index contributed by atoms with van der Waals surface area (Å²) < 4.78 is 0. The minimum absolute atomic E-state index is 0.257. The normalized spacial score (nSPS) is 14.0. The maximum Gasteiger partial charge on any atom is 0.326 e. The molecule has 0 spiro atoms. The summed E-state index contributed by atoms with van der Waals surface area (Å²) in [6.45, 7) is 0.406. The Bertz CT molecular complexity index is 806. The molecule has 0 aliphatic rings. The van der Waals surface area contributed by atoms with E-state index < -0.39 is 78.4 Å². The van der Waals surface area contributed by atoms with Crippen LogP contribution in [0.1, 0.15) is 44.9 Å². The third-order valence-corrected chi connectivity index (χ3v) is 4.68. The van der Waals surface area contributed by atoms with Gasteiger partial charge in [0.1, 0.15) is 18.1 Å². The standard InChI is InChI=1S/C19H34N8O8/c20-6-2-1-3-9(21)16(31)25-10(4-5-13(22)28)17(32)26-11(7-14(23)29)18(33)27-12(19(34)35)8-15(24)30/h9-12H,1-8,20-21H2,(H2,22,28)(H2,23,29)(H2,24,30)(H,25,31)(H,26,32)(H,27,33)(H,34,35). The smallest absolute Gasteiger partial charge is 0.326 e. The molecule has 0 saturated heterocycles. The highest BCUT2D eigenvalue weighted by Crippen LogP contribution is 2.04. The summed E-state index contributed by atoms with van der Waals surface area (Å²) in [4.78, 5) is 82.7. The van der Waals surface area contributed by atoms with Gasteiger partial charge in [0, 0.05) is 6.42 Å². The molecule has 0 radical (unpaired) electrons. The van der Waals surface area contributed by atoms with E-state index in [1.54, 1.807) is 0 Å². The lowest BCUT2D eigenvalue weighted by Crippen LogP contribution is -2.58.